The Kier molecular flexibility index (Phi) is 5.62. The van der Waals surface area contributed by atoms with E-state index in [1.807, 2.05) is 0 Å². The number of nitrogens with two attached hydrogens (primary N) is 1. The van der Waals surface area contributed by atoms with E-state index in [-0.39, 0.29) is 0 Å². The lowest BCUT2D eigenvalue weighted by Crippen LogP contribution is -2.37. The van der Waals surface area contributed by atoms with E-state index in [4.69, 9.17) is 10.5 Å². The highest BCUT2D eigenvalue weighted by molar-refractivity contribution is 7.93. The fraction of sp³-hybridized carbons (Fsp3) is 0.538. The normalized spacial score (nSPS) is 11.6. The number of methoxy groups -OCH3 is 1. The Hall–Kier alpha value is -1.27. The Labute approximate surface area is 115 Å². The topological polar surface area (TPSA) is 72.6 Å². The third-order valence-corrected chi connectivity index (χ3v) is 5.03. The van der Waals surface area contributed by atoms with Crippen LogP contribution in [0, 0.1) is 0 Å². The fourth-order valence-corrected chi connectivity index (χ4v) is 2.95. The zero-order valence-electron chi connectivity index (χ0n) is 11.7. The summed E-state index contributed by atoms with van der Waals surface area (Å²) >= 11 is 0. The first-order chi connectivity index (χ1) is 8.93. The number of ether oxygens (including phenoxy) is 1. The molecule has 0 saturated heterocycles. The molecule has 1 aromatic carbocycles. The molecular weight excluding hydrogens is 264 g/mol. The van der Waals surface area contributed by atoms with Gasteiger partial charge in [0, 0.05) is 6.54 Å². The third kappa shape index (κ3) is 3.84. The van der Waals surface area contributed by atoms with Crippen molar-refractivity contribution in [1.82, 2.24) is 0 Å². The van der Waals surface area contributed by atoms with Gasteiger partial charge in [-0.15, -0.1) is 0 Å². The lowest BCUT2D eigenvalue weighted by molar-refractivity contribution is 0.415. The Bertz CT molecular complexity index is 483. The van der Waals surface area contributed by atoms with E-state index in [0.717, 1.165) is 0 Å². The van der Waals surface area contributed by atoms with E-state index in [0.29, 0.717) is 30.9 Å². The predicted molar refractivity (Wildman–Crippen MR) is 78.1 cm³/mol. The Morgan fingerprint density at radius 3 is 2.26 bits per heavy atom. The van der Waals surface area contributed by atoms with Crippen molar-refractivity contribution in [1.29, 1.82) is 0 Å². The van der Waals surface area contributed by atoms with Crippen molar-refractivity contribution in [2.45, 2.75) is 25.5 Å². The van der Waals surface area contributed by atoms with Crippen LogP contribution < -0.4 is 14.8 Å². The molecule has 0 aromatic heterocycles. The van der Waals surface area contributed by atoms with Crippen LogP contribution in [0.5, 0.6) is 5.75 Å². The average molecular weight is 286 g/mol. The van der Waals surface area contributed by atoms with Crippen LogP contribution in [0.1, 0.15) is 20.3 Å². The van der Waals surface area contributed by atoms with Gasteiger partial charge in [-0.3, -0.25) is 4.31 Å². The average Bonchev–Trinajstić information content (AvgIpc) is 2.39. The maximum absolute atomic E-state index is 12.3. The van der Waals surface area contributed by atoms with Crippen LogP contribution in [0.2, 0.25) is 0 Å². The summed E-state index contributed by atoms with van der Waals surface area (Å²) in [5.41, 5.74) is 6.12. The molecule has 1 rings (SSSR count). The summed E-state index contributed by atoms with van der Waals surface area (Å²) in [6, 6.07) is 6.99. The van der Waals surface area contributed by atoms with Gasteiger partial charge in [0.15, 0.2) is 0 Å². The van der Waals surface area contributed by atoms with E-state index < -0.39 is 15.3 Å². The lowest BCUT2D eigenvalue weighted by atomic mass is 10.3. The highest BCUT2D eigenvalue weighted by atomic mass is 32.2. The number of rotatable bonds is 7. The molecule has 0 amide bonds. The molecular formula is C13H22N2O3S. The molecule has 2 N–H and O–H groups in total. The molecule has 19 heavy (non-hydrogen) atoms. The van der Waals surface area contributed by atoms with Crippen molar-refractivity contribution in [2.24, 2.45) is 5.73 Å². The monoisotopic (exact) mass is 286 g/mol. The number of nitrogens with zero attached hydrogens (tertiary/aromatic N) is 1. The molecule has 6 heteroatoms. The van der Waals surface area contributed by atoms with Gasteiger partial charge in [0.2, 0.25) is 10.0 Å². The Morgan fingerprint density at radius 1 is 1.26 bits per heavy atom. The van der Waals surface area contributed by atoms with Crippen LogP contribution in [-0.4, -0.2) is 33.9 Å². The molecule has 0 saturated carbocycles. The fourth-order valence-electron chi connectivity index (χ4n) is 1.64. The summed E-state index contributed by atoms with van der Waals surface area (Å²) in [4.78, 5) is 0. The van der Waals surface area contributed by atoms with Crippen LogP contribution >= 0.6 is 0 Å². The zero-order chi connectivity index (χ0) is 14.5. The molecule has 0 atom stereocenters. The lowest BCUT2D eigenvalue weighted by Gasteiger charge is -2.26. The molecule has 108 valence electrons. The second-order valence-electron chi connectivity index (χ2n) is 4.51. The van der Waals surface area contributed by atoms with Crippen molar-refractivity contribution in [2.75, 3.05) is 24.5 Å². The SMILES string of the molecule is COc1ccc(N(CCCN)S(=O)(=O)C(C)C)cc1. The van der Waals surface area contributed by atoms with Crippen LogP contribution in [0.3, 0.4) is 0 Å². The van der Waals surface area contributed by atoms with Gasteiger partial charge in [-0.2, -0.15) is 0 Å². The molecule has 0 aliphatic carbocycles. The quantitative estimate of drug-likeness (QED) is 0.826. The standard InChI is InChI=1S/C13H22N2O3S/c1-11(2)19(16,17)15(10-4-9-14)12-5-7-13(18-3)8-6-12/h5-8,11H,4,9-10,14H2,1-3H3. The third-order valence-electron chi connectivity index (χ3n) is 2.83. The van der Waals surface area contributed by atoms with E-state index in [2.05, 4.69) is 0 Å². The summed E-state index contributed by atoms with van der Waals surface area (Å²) in [7, 11) is -1.77. The van der Waals surface area contributed by atoms with Crippen LogP contribution in [0.15, 0.2) is 24.3 Å². The van der Waals surface area contributed by atoms with E-state index in [1.54, 1.807) is 45.2 Å². The van der Waals surface area contributed by atoms with Gasteiger partial charge in [0.05, 0.1) is 18.0 Å². The van der Waals surface area contributed by atoms with E-state index in [9.17, 15) is 8.42 Å². The van der Waals surface area contributed by atoms with Crippen molar-refractivity contribution >= 4 is 15.7 Å². The molecule has 0 unspecified atom stereocenters. The number of hydrogen-bond donors (Lipinski definition) is 1. The molecule has 0 bridgehead atoms. The maximum Gasteiger partial charge on any atom is 0.237 e. The second kappa shape index (κ2) is 6.77. The molecule has 0 aliphatic rings. The van der Waals surface area contributed by atoms with Gasteiger partial charge < -0.3 is 10.5 Å². The molecule has 0 aliphatic heterocycles. The van der Waals surface area contributed by atoms with Gasteiger partial charge >= 0.3 is 0 Å². The van der Waals surface area contributed by atoms with Gasteiger partial charge in [0.1, 0.15) is 5.75 Å². The van der Waals surface area contributed by atoms with Gasteiger partial charge in [-0.25, -0.2) is 8.42 Å². The van der Waals surface area contributed by atoms with Crippen LogP contribution in [0.4, 0.5) is 5.69 Å². The molecule has 5 nitrogen and oxygen atoms in total. The highest BCUT2D eigenvalue weighted by Gasteiger charge is 2.25. The smallest absolute Gasteiger partial charge is 0.237 e. The number of anilines is 1. The first-order valence-corrected chi connectivity index (χ1v) is 7.79. The number of hydrogen-bond acceptors (Lipinski definition) is 4. The molecule has 0 radical (unpaired) electrons. The maximum atomic E-state index is 12.3. The number of benzene rings is 1. The van der Waals surface area contributed by atoms with Crippen LogP contribution in [0.25, 0.3) is 0 Å². The van der Waals surface area contributed by atoms with Gasteiger partial charge in [-0.05, 0) is 51.1 Å². The van der Waals surface area contributed by atoms with E-state index in [1.165, 1.54) is 4.31 Å². The molecule has 1 aromatic rings. The minimum atomic E-state index is -3.35. The first-order valence-electron chi connectivity index (χ1n) is 6.29. The van der Waals surface area contributed by atoms with Gasteiger partial charge in [0.25, 0.3) is 0 Å². The highest BCUT2D eigenvalue weighted by Crippen LogP contribution is 2.23. The molecule has 0 heterocycles. The Morgan fingerprint density at radius 2 is 1.84 bits per heavy atom. The Balaban J connectivity index is 3.08. The largest absolute Gasteiger partial charge is 0.497 e. The van der Waals surface area contributed by atoms with Crippen molar-refractivity contribution in [3.05, 3.63) is 24.3 Å². The minimum Gasteiger partial charge on any atom is -0.497 e. The summed E-state index contributed by atoms with van der Waals surface area (Å²) in [5, 5.41) is -0.465. The number of sulfonamides is 1. The second-order valence-corrected chi connectivity index (χ2v) is 6.92. The summed E-state index contributed by atoms with van der Waals surface area (Å²) < 4.78 is 31.2. The summed E-state index contributed by atoms with van der Waals surface area (Å²) in [6.45, 7) is 4.20. The molecule has 0 spiro atoms. The van der Waals surface area contributed by atoms with Crippen molar-refractivity contribution in [3.8, 4) is 5.75 Å². The van der Waals surface area contributed by atoms with Crippen LogP contribution in [-0.2, 0) is 10.0 Å². The predicted octanol–water partition coefficient (Wildman–Crippen LogP) is 1.59. The summed E-state index contributed by atoms with van der Waals surface area (Å²) in [6.07, 6.45) is 0.623. The molecule has 0 fully saturated rings. The van der Waals surface area contributed by atoms with Crippen molar-refractivity contribution in [3.63, 3.8) is 0 Å². The van der Waals surface area contributed by atoms with E-state index >= 15 is 0 Å². The summed E-state index contributed by atoms with van der Waals surface area (Å²) in [5.74, 6) is 0.699. The van der Waals surface area contributed by atoms with Gasteiger partial charge in [-0.1, -0.05) is 0 Å². The first kappa shape index (κ1) is 15.8. The minimum absolute atomic E-state index is 0.392. The van der Waals surface area contributed by atoms with Crippen molar-refractivity contribution < 1.29 is 13.2 Å². The zero-order valence-corrected chi connectivity index (χ0v) is 12.5.